The average molecular weight is 549 g/mol. The number of phenols is 1. The first-order valence-corrected chi connectivity index (χ1v) is 14.3. The van der Waals surface area contributed by atoms with Crippen LogP contribution in [0.4, 0.5) is 0 Å². The molecule has 208 valence electrons. The van der Waals surface area contributed by atoms with Gasteiger partial charge in [0, 0.05) is 24.2 Å². The molecular weight excluding hydrogens is 516 g/mol. The number of nitrogens with one attached hydrogen (secondary N) is 1. The Kier molecular flexibility index (Phi) is 5.66. The third kappa shape index (κ3) is 4.11. The van der Waals surface area contributed by atoms with E-state index in [2.05, 4.69) is 47.6 Å². The fourth-order valence-corrected chi connectivity index (χ4v) is 6.80. The lowest BCUT2D eigenvalue weighted by Crippen LogP contribution is -2.33. The molecule has 7 heteroatoms. The molecule has 0 aromatic heterocycles. The zero-order valence-electron chi connectivity index (χ0n) is 23.2. The molecule has 0 unspecified atom stereocenters. The van der Waals surface area contributed by atoms with Crippen molar-refractivity contribution in [1.29, 1.82) is 0 Å². The number of rotatable bonds is 1. The van der Waals surface area contributed by atoms with Crippen molar-refractivity contribution in [2.45, 2.75) is 37.8 Å². The molecule has 0 radical (unpaired) electrons. The zero-order valence-corrected chi connectivity index (χ0v) is 23.2. The maximum Gasteiger partial charge on any atom is 0.212 e. The smallest absolute Gasteiger partial charge is 0.212 e. The van der Waals surface area contributed by atoms with E-state index in [1.54, 1.807) is 13.2 Å². The highest BCUT2D eigenvalue weighted by Crippen LogP contribution is 2.56. The molecule has 2 atom stereocenters. The van der Waals surface area contributed by atoms with Gasteiger partial charge in [0.15, 0.2) is 34.5 Å². The molecule has 2 N–H and O–H groups in total. The SMILES string of the molecule is COc1cc2c3c4c1Oc1cc5c(cc1O4)[C@H](Cc1ccc(O)c(c1)Oc1ccc(cc1)C[C@@H]3NCC2)N(C)CC5. The number of methoxy groups -OCH3 is 1. The first kappa shape index (κ1) is 24.6. The second-order valence-electron chi connectivity index (χ2n) is 11.5. The van der Waals surface area contributed by atoms with E-state index < -0.39 is 0 Å². The molecule has 7 bridgehead atoms. The Bertz CT molecular complexity index is 1680. The molecule has 4 aromatic carbocycles. The van der Waals surface area contributed by atoms with Gasteiger partial charge in [-0.1, -0.05) is 18.2 Å². The van der Waals surface area contributed by atoms with E-state index in [1.165, 1.54) is 22.3 Å². The van der Waals surface area contributed by atoms with Crippen LogP contribution in [0, 0.1) is 0 Å². The molecule has 0 saturated carbocycles. The molecule has 7 nitrogen and oxygen atoms in total. The number of hydrogen-bond donors (Lipinski definition) is 2. The standard InChI is InChI=1S/C34H32N2O5/c1-36-12-10-21-16-29-30-18-24(21)26(36)14-20-5-8-27(37)28(15-20)39-23-6-3-19(4-7-23)13-25-32-22(9-11-35-25)17-31(38-2)33(40-29)34(32)41-30/h3-8,15-18,25-26,35,37H,9-14H2,1-2H3/t25-,26-/m0/s1. The summed E-state index contributed by atoms with van der Waals surface area (Å²) >= 11 is 0. The molecule has 0 amide bonds. The van der Waals surface area contributed by atoms with Gasteiger partial charge >= 0.3 is 0 Å². The van der Waals surface area contributed by atoms with Gasteiger partial charge in [0.25, 0.3) is 0 Å². The van der Waals surface area contributed by atoms with Crippen molar-refractivity contribution in [2.75, 3.05) is 27.2 Å². The van der Waals surface area contributed by atoms with Gasteiger partial charge in [-0.15, -0.1) is 0 Å². The third-order valence-corrected chi connectivity index (χ3v) is 8.98. The van der Waals surface area contributed by atoms with Crippen molar-refractivity contribution in [3.63, 3.8) is 0 Å². The van der Waals surface area contributed by atoms with E-state index in [1.807, 2.05) is 24.3 Å². The number of phenolic OH excluding ortho intramolecular Hbond substituents is 1. The lowest BCUT2D eigenvalue weighted by atomic mass is 9.87. The third-order valence-electron chi connectivity index (χ3n) is 8.98. The molecule has 41 heavy (non-hydrogen) atoms. The van der Waals surface area contributed by atoms with Gasteiger partial charge in [-0.05, 0) is 110 Å². The molecule has 0 aliphatic carbocycles. The molecular formula is C34H32N2O5. The molecule has 5 heterocycles. The second kappa shape index (κ2) is 9.43. The number of fused-ring (bicyclic) bond motifs is 2. The van der Waals surface area contributed by atoms with Gasteiger partial charge in [-0.25, -0.2) is 0 Å². The van der Waals surface area contributed by atoms with Crippen molar-refractivity contribution < 1.29 is 24.1 Å². The Labute approximate surface area is 239 Å². The van der Waals surface area contributed by atoms with Gasteiger partial charge in [-0.3, -0.25) is 4.90 Å². The van der Waals surface area contributed by atoms with Crippen LogP contribution in [0.15, 0.2) is 60.7 Å². The summed E-state index contributed by atoms with van der Waals surface area (Å²) in [6, 6.07) is 20.4. The van der Waals surface area contributed by atoms with E-state index in [0.717, 1.165) is 67.1 Å². The summed E-state index contributed by atoms with van der Waals surface area (Å²) < 4.78 is 25.4. The highest BCUT2D eigenvalue weighted by molar-refractivity contribution is 5.67. The normalized spacial score (nSPS) is 20.3. The molecule has 9 rings (SSSR count). The summed E-state index contributed by atoms with van der Waals surface area (Å²) in [6.07, 6.45) is 3.36. The van der Waals surface area contributed by atoms with Gasteiger partial charge in [0.1, 0.15) is 5.75 Å². The van der Waals surface area contributed by atoms with Crippen LogP contribution in [0.2, 0.25) is 0 Å². The fraction of sp³-hybridized carbons (Fsp3) is 0.294. The second-order valence-corrected chi connectivity index (χ2v) is 11.5. The van der Waals surface area contributed by atoms with Crippen molar-refractivity contribution >= 4 is 0 Å². The van der Waals surface area contributed by atoms with Crippen molar-refractivity contribution in [3.8, 4) is 46.0 Å². The number of likely N-dealkylation sites (N-methyl/N-ethyl adjacent to an activating group) is 1. The summed E-state index contributed by atoms with van der Waals surface area (Å²) in [5.74, 6) is 4.83. The van der Waals surface area contributed by atoms with E-state index in [0.29, 0.717) is 23.0 Å². The van der Waals surface area contributed by atoms with E-state index in [4.69, 9.17) is 18.9 Å². The monoisotopic (exact) mass is 548 g/mol. The van der Waals surface area contributed by atoms with E-state index in [9.17, 15) is 5.11 Å². The summed E-state index contributed by atoms with van der Waals surface area (Å²) in [7, 11) is 3.86. The molecule has 0 spiro atoms. The van der Waals surface area contributed by atoms with E-state index >= 15 is 0 Å². The molecule has 0 saturated heterocycles. The fourth-order valence-electron chi connectivity index (χ4n) is 6.80. The summed E-state index contributed by atoms with van der Waals surface area (Å²) in [6.45, 7) is 1.81. The van der Waals surface area contributed by atoms with Crippen molar-refractivity contribution in [1.82, 2.24) is 10.2 Å². The lowest BCUT2D eigenvalue weighted by molar-refractivity contribution is 0.227. The predicted octanol–water partition coefficient (Wildman–Crippen LogP) is 6.61. The number of aromatic hydroxyl groups is 1. The number of ether oxygens (including phenoxy) is 4. The predicted molar refractivity (Wildman–Crippen MR) is 155 cm³/mol. The highest BCUT2D eigenvalue weighted by atomic mass is 16.6. The van der Waals surface area contributed by atoms with Crippen LogP contribution in [0.3, 0.4) is 0 Å². The minimum atomic E-state index is 0.0476. The van der Waals surface area contributed by atoms with Gasteiger partial charge in [-0.2, -0.15) is 0 Å². The minimum absolute atomic E-state index is 0.0476. The van der Waals surface area contributed by atoms with Gasteiger partial charge in [0.05, 0.1) is 7.11 Å². The maximum atomic E-state index is 10.6. The summed E-state index contributed by atoms with van der Waals surface area (Å²) in [4.78, 5) is 2.39. The van der Waals surface area contributed by atoms with Crippen LogP contribution < -0.4 is 24.3 Å². The van der Waals surface area contributed by atoms with Gasteiger partial charge in [0.2, 0.25) is 5.75 Å². The maximum absolute atomic E-state index is 10.6. The Balaban J connectivity index is 1.32. The number of nitrogens with zero attached hydrogens (tertiary/aromatic N) is 1. The zero-order chi connectivity index (χ0) is 27.7. The summed E-state index contributed by atoms with van der Waals surface area (Å²) in [5, 5.41) is 14.3. The van der Waals surface area contributed by atoms with Crippen LogP contribution >= 0.6 is 0 Å². The molecule has 0 fully saturated rings. The summed E-state index contributed by atoms with van der Waals surface area (Å²) in [5.41, 5.74) is 7.11. The molecule has 4 aromatic rings. The lowest BCUT2D eigenvalue weighted by Gasteiger charge is -2.37. The van der Waals surface area contributed by atoms with Crippen LogP contribution in [-0.2, 0) is 25.7 Å². The number of hydrogen-bond acceptors (Lipinski definition) is 7. The van der Waals surface area contributed by atoms with Gasteiger partial charge < -0.3 is 29.4 Å². The molecule has 5 aliphatic heterocycles. The van der Waals surface area contributed by atoms with Crippen LogP contribution in [0.25, 0.3) is 0 Å². The van der Waals surface area contributed by atoms with E-state index in [-0.39, 0.29) is 17.8 Å². The Hall–Kier alpha value is -4.20. The van der Waals surface area contributed by atoms with Crippen LogP contribution in [-0.4, -0.2) is 37.3 Å². The largest absolute Gasteiger partial charge is 0.504 e. The van der Waals surface area contributed by atoms with Crippen molar-refractivity contribution in [3.05, 3.63) is 94.0 Å². The Morgan fingerprint density at radius 1 is 0.829 bits per heavy atom. The number of benzene rings is 4. The highest BCUT2D eigenvalue weighted by Gasteiger charge is 2.35. The first-order chi connectivity index (χ1) is 20.0. The Morgan fingerprint density at radius 3 is 2.49 bits per heavy atom. The van der Waals surface area contributed by atoms with Crippen LogP contribution in [0.5, 0.6) is 46.0 Å². The van der Waals surface area contributed by atoms with Crippen molar-refractivity contribution in [2.24, 2.45) is 0 Å². The Morgan fingerprint density at radius 2 is 1.63 bits per heavy atom. The molecule has 5 aliphatic rings. The first-order valence-electron chi connectivity index (χ1n) is 14.3. The van der Waals surface area contributed by atoms with Crippen LogP contribution in [0.1, 0.15) is 45.5 Å². The minimum Gasteiger partial charge on any atom is -0.504 e. The average Bonchev–Trinajstić information content (AvgIpc) is 2.98. The topological polar surface area (TPSA) is 72.4 Å². The quantitative estimate of drug-likeness (QED) is 0.244.